The van der Waals surface area contributed by atoms with Gasteiger partial charge in [-0.05, 0) is 69.2 Å². The number of piperazine rings is 1. The van der Waals surface area contributed by atoms with Gasteiger partial charge in [-0.15, -0.1) is 5.10 Å². The lowest BCUT2D eigenvalue weighted by Gasteiger charge is -2.50. The molecule has 1 saturated carbocycles. The van der Waals surface area contributed by atoms with Crippen LogP contribution in [0.15, 0.2) is 30.5 Å². The number of aromatic nitrogens is 3. The zero-order valence-electron chi connectivity index (χ0n) is 24.9. The van der Waals surface area contributed by atoms with Crippen LogP contribution in [-0.4, -0.2) is 129 Å². The molecule has 3 N–H and O–H groups in total. The minimum atomic E-state index is -0.290. The molecule has 0 radical (unpaired) electrons. The summed E-state index contributed by atoms with van der Waals surface area (Å²) in [7, 11) is 0. The monoisotopic (exact) mass is 596 g/mol. The first kappa shape index (κ1) is 30.3. The summed E-state index contributed by atoms with van der Waals surface area (Å²) in [6.07, 6.45) is 8.66. The van der Waals surface area contributed by atoms with E-state index in [-0.39, 0.29) is 36.1 Å². The van der Waals surface area contributed by atoms with E-state index < -0.39 is 0 Å². The smallest absolute Gasteiger partial charge is 0.245 e. The van der Waals surface area contributed by atoms with E-state index in [9.17, 15) is 19.4 Å². The predicted octanol–water partition coefficient (Wildman–Crippen LogP) is 1.47. The second-order valence-corrected chi connectivity index (χ2v) is 12.6. The summed E-state index contributed by atoms with van der Waals surface area (Å²) in [5.41, 5.74) is 1.44. The van der Waals surface area contributed by atoms with E-state index in [1.54, 1.807) is 18.3 Å². The molecule has 234 valence electrons. The van der Waals surface area contributed by atoms with Gasteiger partial charge < -0.3 is 20.4 Å². The maximum absolute atomic E-state index is 13.3. The number of piperidine rings is 2. The van der Waals surface area contributed by atoms with E-state index in [1.807, 2.05) is 0 Å². The number of hydrogen-bond acceptors (Lipinski definition) is 10. The molecule has 0 bridgehead atoms. The molecule has 2 aromatic rings. The molecule has 3 saturated heterocycles. The first-order valence-corrected chi connectivity index (χ1v) is 16.0. The summed E-state index contributed by atoms with van der Waals surface area (Å²) in [6, 6.07) is 6.87. The van der Waals surface area contributed by atoms with Crippen LogP contribution in [0, 0.1) is 5.82 Å². The predicted molar refractivity (Wildman–Crippen MR) is 161 cm³/mol. The van der Waals surface area contributed by atoms with Gasteiger partial charge in [0.15, 0.2) is 0 Å². The van der Waals surface area contributed by atoms with E-state index in [2.05, 4.69) is 40.1 Å². The Morgan fingerprint density at radius 1 is 0.884 bits per heavy atom. The fourth-order valence-corrected chi connectivity index (χ4v) is 7.23. The molecule has 43 heavy (non-hydrogen) atoms. The topological polar surface area (TPSA) is 121 Å². The first-order valence-electron chi connectivity index (χ1n) is 16.0. The number of nitrogens with one attached hydrogen (secondary N) is 1. The molecule has 1 aromatic heterocycles. The van der Waals surface area contributed by atoms with Gasteiger partial charge in [0.25, 0.3) is 0 Å². The Morgan fingerprint density at radius 2 is 1.58 bits per heavy atom. The molecule has 2 unspecified atom stereocenters. The number of aliphatic hydroxyl groups excluding tert-OH is 2. The van der Waals surface area contributed by atoms with Crippen molar-refractivity contribution in [2.45, 2.75) is 81.8 Å². The van der Waals surface area contributed by atoms with E-state index in [0.29, 0.717) is 37.3 Å². The van der Waals surface area contributed by atoms with E-state index >= 15 is 0 Å². The Balaban J connectivity index is 0.939. The highest BCUT2D eigenvalue weighted by Crippen LogP contribution is 2.32. The Morgan fingerprint density at radius 3 is 2.30 bits per heavy atom. The maximum atomic E-state index is 13.3. The normalized spacial score (nSPS) is 28.6. The maximum Gasteiger partial charge on any atom is 0.245 e. The van der Waals surface area contributed by atoms with Gasteiger partial charge in [0.05, 0.1) is 36.8 Å². The Bertz CT molecular complexity index is 1200. The van der Waals surface area contributed by atoms with Crippen LogP contribution in [0.2, 0.25) is 0 Å². The van der Waals surface area contributed by atoms with Crippen molar-refractivity contribution in [3.8, 4) is 11.3 Å². The Hall–Kier alpha value is -2.77. The fraction of sp³-hybridized carbons (Fsp3) is 0.677. The van der Waals surface area contributed by atoms with Gasteiger partial charge >= 0.3 is 0 Å². The molecule has 4 heterocycles. The largest absolute Gasteiger partial charge is 0.393 e. The van der Waals surface area contributed by atoms with Gasteiger partial charge in [0.2, 0.25) is 11.9 Å². The van der Waals surface area contributed by atoms with Gasteiger partial charge in [0, 0.05) is 69.9 Å². The van der Waals surface area contributed by atoms with E-state index in [0.717, 1.165) is 89.7 Å². The SMILES string of the molecule is O=C(CN1CCN(c2nncc(-c3ccc(F)cc3)n2)CC1)NC1CCC(N2CCC(O)CC2N2CCC(O)CC2)CC1. The van der Waals surface area contributed by atoms with Crippen LogP contribution in [0.25, 0.3) is 11.3 Å². The quantitative estimate of drug-likeness (QED) is 0.433. The van der Waals surface area contributed by atoms with Crippen molar-refractivity contribution in [1.82, 2.24) is 35.2 Å². The van der Waals surface area contributed by atoms with Crippen LogP contribution in [0.3, 0.4) is 0 Å². The molecule has 11 nitrogen and oxygen atoms in total. The lowest BCUT2D eigenvalue weighted by atomic mass is 9.87. The van der Waals surface area contributed by atoms with Crippen molar-refractivity contribution in [3.63, 3.8) is 0 Å². The van der Waals surface area contributed by atoms with Gasteiger partial charge in [-0.25, -0.2) is 9.37 Å². The van der Waals surface area contributed by atoms with Crippen molar-refractivity contribution in [3.05, 3.63) is 36.3 Å². The van der Waals surface area contributed by atoms with Gasteiger partial charge in [-0.2, -0.15) is 5.10 Å². The third kappa shape index (κ3) is 7.66. The number of halogens is 1. The number of likely N-dealkylation sites (tertiary alicyclic amines) is 2. The summed E-state index contributed by atoms with van der Waals surface area (Å²) in [5, 5.41) is 32.0. The Labute approximate surface area is 253 Å². The third-order valence-electron chi connectivity index (χ3n) is 9.75. The minimum Gasteiger partial charge on any atom is -0.393 e. The Kier molecular flexibility index (Phi) is 9.78. The summed E-state index contributed by atoms with van der Waals surface area (Å²) in [5.74, 6) is 0.340. The lowest BCUT2D eigenvalue weighted by Crippen LogP contribution is -2.60. The van der Waals surface area contributed by atoms with Gasteiger partial charge in [0.1, 0.15) is 5.82 Å². The molecular weight excluding hydrogens is 551 g/mol. The number of carbonyl (C=O) groups is 1. The highest BCUT2D eigenvalue weighted by Gasteiger charge is 2.38. The molecule has 2 atom stereocenters. The number of rotatable bonds is 7. The molecule has 1 aromatic carbocycles. The number of amides is 1. The summed E-state index contributed by atoms with van der Waals surface area (Å²) >= 11 is 0. The third-order valence-corrected chi connectivity index (χ3v) is 9.75. The second-order valence-electron chi connectivity index (χ2n) is 12.6. The van der Waals surface area contributed by atoms with E-state index in [4.69, 9.17) is 0 Å². The van der Waals surface area contributed by atoms with Crippen LogP contribution in [0.1, 0.15) is 51.4 Å². The van der Waals surface area contributed by atoms with Crippen LogP contribution >= 0.6 is 0 Å². The standard InChI is InChI=1S/C31H45FN8O3/c32-23-3-1-22(2-4-23)28-20-33-36-31(35-28)39-17-15-37(16-18-39)21-29(43)34-24-5-7-25(8-6-24)40-14-11-27(42)19-30(40)38-12-9-26(41)10-13-38/h1-4,20,24-27,30,41-42H,5-19,21H2,(H,34,43). The molecule has 4 aliphatic rings. The number of aliphatic hydroxyl groups is 2. The van der Waals surface area contributed by atoms with Crippen LogP contribution in [0.4, 0.5) is 10.3 Å². The number of anilines is 1. The molecular formula is C31H45FN8O3. The van der Waals surface area contributed by atoms with Crippen molar-refractivity contribution in [1.29, 1.82) is 0 Å². The molecule has 4 fully saturated rings. The van der Waals surface area contributed by atoms with Gasteiger partial charge in [-0.1, -0.05) is 0 Å². The summed E-state index contributed by atoms with van der Waals surface area (Å²) in [6.45, 7) is 5.96. The zero-order valence-corrected chi connectivity index (χ0v) is 24.9. The number of nitrogens with zero attached hydrogens (tertiary/aromatic N) is 7. The average molecular weight is 597 g/mol. The van der Waals surface area contributed by atoms with Crippen molar-refractivity contribution in [2.75, 3.05) is 57.3 Å². The van der Waals surface area contributed by atoms with Crippen LogP contribution in [0.5, 0.6) is 0 Å². The van der Waals surface area contributed by atoms with Gasteiger partial charge in [-0.3, -0.25) is 19.5 Å². The average Bonchev–Trinajstić information content (AvgIpc) is 3.03. The van der Waals surface area contributed by atoms with Crippen molar-refractivity contribution in [2.24, 2.45) is 0 Å². The molecule has 1 aliphatic carbocycles. The van der Waals surface area contributed by atoms with Crippen molar-refractivity contribution >= 4 is 11.9 Å². The highest BCUT2D eigenvalue weighted by atomic mass is 19.1. The lowest BCUT2D eigenvalue weighted by molar-refractivity contribution is -0.123. The number of hydrogen-bond donors (Lipinski definition) is 3. The van der Waals surface area contributed by atoms with E-state index in [1.165, 1.54) is 12.1 Å². The molecule has 6 rings (SSSR count). The van der Waals surface area contributed by atoms with Crippen LogP contribution < -0.4 is 10.2 Å². The molecule has 12 heteroatoms. The summed E-state index contributed by atoms with van der Waals surface area (Å²) in [4.78, 5) is 26.9. The number of benzene rings is 1. The molecule has 0 spiro atoms. The van der Waals surface area contributed by atoms with Crippen LogP contribution in [-0.2, 0) is 4.79 Å². The zero-order chi connectivity index (χ0) is 29.8. The minimum absolute atomic E-state index is 0.0824. The van der Waals surface area contributed by atoms with Crippen molar-refractivity contribution < 1.29 is 19.4 Å². The molecule has 1 amide bonds. The molecule has 3 aliphatic heterocycles. The summed E-state index contributed by atoms with van der Waals surface area (Å²) < 4.78 is 13.3. The second kappa shape index (κ2) is 13.9. The fourth-order valence-electron chi connectivity index (χ4n) is 7.23. The number of carbonyl (C=O) groups excluding carboxylic acids is 1. The highest BCUT2D eigenvalue weighted by molar-refractivity contribution is 5.78. The first-order chi connectivity index (χ1) is 20.9.